The quantitative estimate of drug-likeness (QED) is 0.775. The molecule has 0 saturated heterocycles. The summed E-state index contributed by atoms with van der Waals surface area (Å²) in [7, 11) is 0. The normalized spacial score (nSPS) is 9.76. The minimum absolute atomic E-state index is 0.0723. The van der Waals surface area contributed by atoms with Crippen LogP contribution in [0.5, 0.6) is 0 Å². The summed E-state index contributed by atoms with van der Waals surface area (Å²) in [5, 5.41) is 18.8. The first-order chi connectivity index (χ1) is 10.3. The molecule has 0 bridgehead atoms. The number of nitrogens with zero attached hydrogens (tertiary/aromatic N) is 3. The molecule has 6 nitrogen and oxygen atoms in total. The van der Waals surface area contributed by atoms with E-state index in [2.05, 4.69) is 27.5 Å². The molecular formula is C15H16N4O2. The molecule has 1 heterocycles. The lowest BCUT2D eigenvalue weighted by atomic mass is 10.1. The minimum atomic E-state index is -0.118. The number of aliphatic hydroxyl groups excluding tert-OH is 1. The molecule has 0 aliphatic rings. The first-order valence-electron chi connectivity index (χ1n) is 6.57. The fourth-order valence-corrected chi connectivity index (χ4v) is 1.65. The average molecular weight is 284 g/mol. The maximum absolute atomic E-state index is 11.7. The molecule has 0 spiro atoms. The van der Waals surface area contributed by atoms with Gasteiger partial charge in [0.2, 0.25) is 5.91 Å². The molecule has 0 radical (unpaired) electrons. The van der Waals surface area contributed by atoms with Crippen molar-refractivity contribution in [2.75, 3.05) is 6.61 Å². The van der Waals surface area contributed by atoms with E-state index in [9.17, 15) is 4.79 Å². The second kappa shape index (κ2) is 7.82. The van der Waals surface area contributed by atoms with Gasteiger partial charge in [0.25, 0.3) is 0 Å². The van der Waals surface area contributed by atoms with Crippen LogP contribution in [0.2, 0.25) is 0 Å². The maximum atomic E-state index is 11.7. The SMILES string of the molecule is O=C(Cn1ccnn1)NCc1ccc(C#CCCO)cc1. The summed E-state index contributed by atoms with van der Waals surface area (Å²) in [5.41, 5.74) is 1.88. The number of aliphatic hydroxyl groups is 1. The lowest BCUT2D eigenvalue weighted by Crippen LogP contribution is -2.27. The van der Waals surface area contributed by atoms with Crippen LogP contribution in [0.4, 0.5) is 0 Å². The highest BCUT2D eigenvalue weighted by molar-refractivity contribution is 5.75. The second-order valence-electron chi connectivity index (χ2n) is 4.35. The molecule has 1 aromatic carbocycles. The number of rotatable bonds is 5. The first-order valence-corrected chi connectivity index (χ1v) is 6.57. The number of carbonyl (C=O) groups is 1. The second-order valence-corrected chi connectivity index (χ2v) is 4.35. The smallest absolute Gasteiger partial charge is 0.242 e. The Hall–Kier alpha value is -2.65. The van der Waals surface area contributed by atoms with Crippen LogP contribution in [0, 0.1) is 11.8 Å². The van der Waals surface area contributed by atoms with Crippen molar-refractivity contribution < 1.29 is 9.90 Å². The van der Waals surface area contributed by atoms with Crippen LogP contribution in [-0.4, -0.2) is 32.6 Å². The summed E-state index contributed by atoms with van der Waals surface area (Å²) in [4.78, 5) is 11.7. The van der Waals surface area contributed by atoms with Crippen LogP contribution in [0.1, 0.15) is 17.5 Å². The van der Waals surface area contributed by atoms with Crippen LogP contribution in [0.25, 0.3) is 0 Å². The Morgan fingerprint density at radius 1 is 1.33 bits per heavy atom. The van der Waals surface area contributed by atoms with E-state index in [0.29, 0.717) is 13.0 Å². The Labute approximate surface area is 122 Å². The van der Waals surface area contributed by atoms with Crippen LogP contribution >= 0.6 is 0 Å². The predicted molar refractivity (Wildman–Crippen MR) is 76.9 cm³/mol. The van der Waals surface area contributed by atoms with Crippen molar-refractivity contribution in [3.05, 3.63) is 47.8 Å². The van der Waals surface area contributed by atoms with E-state index in [-0.39, 0.29) is 19.1 Å². The number of aromatic nitrogens is 3. The number of amides is 1. The van der Waals surface area contributed by atoms with Gasteiger partial charge in [-0.1, -0.05) is 29.2 Å². The maximum Gasteiger partial charge on any atom is 0.242 e. The number of nitrogens with one attached hydrogen (secondary N) is 1. The topological polar surface area (TPSA) is 80.0 Å². The fraction of sp³-hybridized carbons (Fsp3) is 0.267. The highest BCUT2D eigenvalue weighted by atomic mass is 16.2. The average Bonchev–Trinajstić information content (AvgIpc) is 2.99. The zero-order valence-electron chi connectivity index (χ0n) is 11.5. The summed E-state index contributed by atoms with van der Waals surface area (Å²) < 4.78 is 1.47. The monoisotopic (exact) mass is 284 g/mol. The van der Waals surface area contributed by atoms with Crippen molar-refractivity contribution in [1.29, 1.82) is 0 Å². The van der Waals surface area contributed by atoms with E-state index in [0.717, 1.165) is 11.1 Å². The molecule has 0 aliphatic carbocycles. The van der Waals surface area contributed by atoms with Gasteiger partial charge in [0.05, 0.1) is 12.8 Å². The summed E-state index contributed by atoms with van der Waals surface area (Å²) in [5.74, 6) is 5.69. The van der Waals surface area contributed by atoms with Gasteiger partial charge in [-0.05, 0) is 17.7 Å². The zero-order valence-corrected chi connectivity index (χ0v) is 11.5. The van der Waals surface area contributed by atoms with E-state index in [1.807, 2.05) is 24.3 Å². The van der Waals surface area contributed by atoms with Crippen LogP contribution < -0.4 is 5.32 Å². The molecule has 0 aliphatic heterocycles. The van der Waals surface area contributed by atoms with Crippen molar-refractivity contribution in [3.63, 3.8) is 0 Å². The highest BCUT2D eigenvalue weighted by Crippen LogP contribution is 2.03. The third-order valence-electron chi connectivity index (χ3n) is 2.69. The van der Waals surface area contributed by atoms with E-state index < -0.39 is 0 Å². The molecule has 6 heteroatoms. The largest absolute Gasteiger partial charge is 0.395 e. The summed E-state index contributed by atoms with van der Waals surface area (Å²) in [6.45, 7) is 0.686. The number of carbonyl (C=O) groups excluding carboxylic acids is 1. The molecule has 21 heavy (non-hydrogen) atoms. The van der Waals surface area contributed by atoms with Gasteiger partial charge in [-0.3, -0.25) is 4.79 Å². The molecule has 2 N–H and O–H groups in total. The molecule has 0 atom stereocenters. The van der Waals surface area contributed by atoms with Gasteiger partial charge in [0.1, 0.15) is 6.54 Å². The summed E-state index contributed by atoms with van der Waals surface area (Å²) in [6.07, 6.45) is 3.64. The minimum Gasteiger partial charge on any atom is -0.395 e. The Morgan fingerprint density at radius 2 is 2.14 bits per heavy atom. The Bertz CT molecular complexity index is 624. The van der Waals surface area contributed by atoms with E-state index >= 15 is 0 Å². The molecule has 1 aromatic heterocycles. The Kier molecular flexibility index (Phi) is 5.50. The van der Waals surface area contributed by atoms with Crippen molar-refractivity contribution in [2.45, 2.75) is 19.5 Å². The number of hydrogen-bond acceptors (Lipinski definition) is 4. The molecule has 0 unspecified atom stereocenters. The standard InChI is InChI=1S/C15H16N4O2/c20-10-2-1-3-13-4-6-14(7-5-13)11-16-15(21)12-19-9-8-17-18-19/h4-9,20H,2,10-12H2,(H,16,21). The van der Waals surface area contributed by atoms with E-state index in [1.165, 1.54) is 10.9 Å². The van der Waals surface area contributed by atoms with Gasteiger partial charge < -0.3 is 10.4 Å². The van der Waals surface area contributed by atoms with Gasteiger partial charge >= 0.3 is 0 Å². The van der Waals surface area contributed by atoms with Crippen LogP contribution in [-0.2, 0) is 17.9 Å². The molecule has 108 valence electrons. The van der Waals surface area contributed by atoms with Gasteiger partial charge in [0.15, 0.2) is 0 Å². The van der Waals surface area contributed by atoms with Crippen molar-refractivity contribution >= 4 is 5.91 Å². The van der Waals surface area contributed by atoms with Gasteiger partial charge in [-0.15, -0.1) is 5.10 Å². The van der Waals surface area contributed by atoms with E-state index in [1.54, 1.807) is 6.20 Å². The Balaban J connectivity index is 1.81. The lowest BCUT2D eigenvalue weighted by Gasteiger charge is -2.05. The summed E-state index contributed by atoms with van der Waals surface area (Å²) in [6, 6.07) is 7.62. The van der Waals surface area contributed by atoms with Crippen LogP contribution in [0.3, 0.4) is 0 Å². The number of benzene rings is 1. The van der Waals surface area contributed by atoms with Crippen LogP contribution in [0.15, 0.2) is 36.7 Å². The molecule has 2 aromatic rings. The fourth-order valence-electron chi connectivity index (χ4n) is 1.65. The molecule has 0 saturated carbocycles. The molecule has 0 fully saturated rings. The zero-order chi connectivity index (χ0) is 14.9. The van der Waals surface area contributed by atoms with Gasteiger partial charge in [-0.25, -0.2) is 4.68 Å². The van der Waals surface area contributed by atoms with Gasteiger partial charge in [-0.2, -0.15) is 0 Å². The lowest BCUT2D eigenvalue weighted by molar-refractivity contribution is -0.122. The third-order valence-corrected chi connectivity index (χ3v) is 2.69. The molecule has 1 amide bonds. The highest BCUT2D eigenvalue weighted by Gasteiger charge is 2.02. The first kappa shape index (κ1) is 14.8. The number of hydrogen-bond donors (Lipinski definition) is 2. The van der Waals surface area contributed by atoms with Crippen molar-refractivity contribution in [1.82, 2.24) is 20.3 Å². The van der Waals surface area contributed by atoms with Crippen molar-refractivity contribution in [3.8, 4) is 11.8 Å². The summed E-state index contributed by atoms with van der Waals surface area (Å²) >= 11 is 0. The third kappa shape index (κ3) is 5.09. The molecule has 2 rings (SSSR count). The predicted octanol–water partition coefficient (Wildman–Crippen LogP) is 0.328. The van der Waals surface area contributed by atoms with E-state index in [4.69, 9.17) is 5.11 Å². The Morgan fingerprint density at radius 3 is 2.81 bits per heavy atom. The van der Waals surface area contributed by atoms with Gasteiger partial charge in [0, 0.05) is 24.7 Å². The van der Waals surface area contributed by atoms with Crippen molar-refractivity contribution in [2.24, 2.45) is 0 Å². The molecular weight excluding hydrogens is 268 g/mol.